The van der Waals surface area contributed by atoms with Gasteiger partial charge in [-0.2, -0.15) is 11.8 Å². The lowest BCUT2D eigenvalue weighted by Gasteiger charge is -2.16. The maximum Gasteiger partial charge on any atom is 0.350 e. The molecule has 3 N–H and O–H groups in total. The number of urea groups is 1. The van der Waals surface area contributed by atoms with Crippen LogP contribution in [0.1, 0.15) is 48.0 Å². The Bertz CT molecular complexity index is 724. The van der Waals surface area contributed by atoms with E-state index in [1.165, 1.54) is 0 Å². The lowest BCUT2D eigenvalue weighted by atomic mass is 10.0. The average Bonchev–Trinajstić information content (AvgIpc) is 3.26. The summed E-state index contributed by atoms with van der Waals surface area (Å²) in [5.41, 5.74) is 0.564. The van der Waals surface area contributed by atoms with Crippen LogP contribution in [-0.2, 0) is 9.53 Å². The molecular weight excluding hydrogens is 388 g/mol. The molecule has 3 rings (SSSR count). The first-order valence-corrected chi connectivity index (χ1v) is 11.0. The quantitative estimate of drug-likeness (QED) is 0.343. The Hall–Kier alpha value is -1.81. The number of rotatable bonds is 8. The Labute approximate surface area is 166 Å². The molecule has 0 radical (unpaired) electrons. The van der Waals surface area contributed by atoms with Crippen LogP contribution < -0.4 is 16.0 Å². The molecule has 0 saturated carbocycles. The number of nitrogens with zero attached hydrogens (tertiary/aromatic N) is 1. The van der Waals surface area contributed by atoms with E-state index < -0.39 is 5.97 Å². The van der Waals surface area contributed by atoms with E-state index in [1.54, 1.807) is 13.8 Å². The normalized spacial score (nSPS) is 23.5. The number of amides is 3. The average molecular weight is 413 g/mol. The van der Waals surface area contributed by atoms with Gasteiger partial charge in [-0.3, -0.25) is 4.79 Å². The van der Waals surface area contributed by atoms with E-state index >= 15 is 0 Å². The van der Waals surface area contributed by atoms with Gasteiger partial charge in [0, 0.05) is 17.4 Å². The van der Waals surface area contributed by atoms with Gasteiger partial charge in [0.2, 0.25) is 5.91 Å². The van der Waals surface area contributed by atoms with Crippen molar-refractivity contribution in [3.8, 4) is 0 Å². The first-order chi connectivity index (χ1) is 13.0. The molecule has 10 heteroatoms. The second-order valence-corrected chi connectivity index (χ2v) is 8.84. The van der Waals surface area contributed by atoms with Crippen molar-refractivity contribution < 1.29 is 19.1 Å². The highest BCUT2D eigenvalue weighted by molar-refractivity contribution is 8.00. The SMILES string of the molecule is CCOC(=O)c1sc(NC(=O)CCCC[C@H]2SC[C@@H]3NC(=O)N[C@H]32)nc1C. The minimum atomic E-state index is -0.408. The van der Waals surface area contributed by atoms with Crippen molar-refractivity contribution >= 4 is 46.1 Å². The lowest BCUT2D eigenvalue weighted by molar-refractivity contribution is -0.116. The van der Waals surface area contributed by atoms with Crippen molar-refractivity contribution in [2.24, 2.45) is 0 Å². The zero-order valence-electron chi connectivity index (χ0n) is 15.4. The molecule has 3 atom stereocenters. The largest absolute Gasteiger partial charge is 0.462 e. The number of hydrogen-bond donors (Lipinski definition) is 3. The number of unbranched alkanes of at least 4 members (excludes halogenated alkanes) is 1. The highest BCUT2D eigenvalue weighted by atomic mass is 32.2. The van der Waals surface area contributed by atoms with E-state index in [2.05, 4.69) is 20.9 Å². The zero-order chi connectivity index (χ0) is 19.4. The Balaban J connectivity index is 1.38. The fourth-order valence-electron chi connectivity index (χ4n) is 3.29. The van der Waals surface area contributed by atoms with Crippen LogP contribution in [0.25, 0.3) is 0 Å². The molecule has 0 unspecified atom stereocenters. The molecule has 2 saturated heterocycles. The van der Waals surface area contributed by atoms with Crippen LogP contribution in [0.3, 0.4) is 0 Å². The summed E-state index contributed by atoms with van der Waals surface area (Å²) in [7, 11) is 0. The van der Waals surface area contributed by atoms with Gasteiger partial charge in [0.25, 0.3) is 0 Å². The summed E-state index contributed by atoms with van der Waals surface area (Å²) in [6.07, 6.45) is 3.08. The summed E-state index contributed by atoms with van der Waals surface area (Å²) in [6.45, 7) is 3.78. The van der Waals surface area contributed by atoms with Crippen LogP contribution in [0.4, 0.5) is 9.93 Å². The van der Waals surface area contributed by atoms with Crippen LogP contribution in [0, 0.1) is 6.92 Å². The summed E-state index contributed by atoms with van der Waals surface area (Å²) in [6, 6.07) is 0.365. The topological polar surface area (TPSA) is 109 Å². The molecular formula is C17H24N4O4S2. The van der Waals surface area contributed by atoms with E-state index in [4.69, 9.17) is 4.74 Å². The second-order valence-electron chi connectivity index (χ2n) is 6.57. The van der Waals surface area contributed by atoms with Gasteiger partial charge in [-0.05, 0) is 26.7 Å². The number of fused-ring (bicyclic) bond motifs is 1. The van der Waals surface area contributed by atoms with Crippen LogP contribution in [0.5, 0.6) is 0 Å². The Morgan fingerprint density at radius 2 is 2.15 bits per heavy atom. The van der Waals surface area contributed by atoms with Gasteiger partial charge in [0.1, 0.15) is 4.88 Å². The summed E-state index contributed by atoms with van der Waals surface area (Å²) in [4.78, 5) is 39.9. The molecule has 2 fully saturated rings. The number of thiazole rings is 1. The monoisotopic (exact) mass is 412 g/mol. The Morgan fingerprint density at radius 1 is 1.33 bits per heavy atom. The van der Waals surface area contributed by atoms with E-state index in [9.17, 15) is 14.4 Å². The van der Waals surface area contributed by atoms with E-state index in [1.807, 2.05) is 11.8 Å². The minimum Gasteiger partial charge on any atom is -0.462 e. The molecule has 148 valence electrons. The van der Waals surface area contributed by atoms with Crippen molar-refractivity contribution in [1.29, 1.82) is 0 Å². The molecule has 1 aromatic heterocycles. The van der Waals surface area contributed by atoms with Crippen molar-refractivity contribution in [3.05, 3.63) is 10.6 Å². The maximum absolute atomic E-state index is 12.1. The van der Waals surface area contributed by atoms with Crippen LogP contribution >= 0.6 is 23.1 Å². The number of esters is 1. The summed E-state index contributed by atoms with van der Waals surface area (Å²) in [5.74, 6) is 0.432. The van der Waals surface area contributed by atoms with E-state index in [0.717, 1.165) is 36.4 Å². The van der Waals surface area contributed by atoms with E-state index in [0.29, 0.717) is 34.0 Å². The van der Waals surface area contributed by atoms with Crippen LogP contribution in [0.15, 0.2) is 0 Å². The van der Waals surface area contributed by atoms with E-state index in [-0.39, 0.29) is 24.0 Å². The highest BCUT2D eigenvalue weighted by Gasteiger charge is 2.42. The molecule has 8 nitrogen and oxygen atoms in total. The number of thioether (sulfide) groups is 1. The van der Waals surface area contributed by atoms with Gasteiger partial charge >= 0.3 is 12.0 Å². The summed E-state index contributed by atoms with van der Waals surface area (Å²) >= 11 is 3.02. The molecule has 27 heavy (non-hydrogen) atoms. The number of ether oxygens (including phenoxy) is 1. The van der Waals surface area contributed by atoms with Gasteiger partial charge in [-0.25, -0.2) is 14.6 Å². The van der Waals surface area contributed by atoms with Crippen molar-refractivity contribution in [3.63, 3.8) is 0 Å². The number of carbonyl (C=O) groups excluding carboxylic acids is 3. The number of aryl methyl sites for hydroxylation is 1. The molecule has 2 aliphatic heterocycles. The lowest BCUT2D eigenvalue weighted by Crippen LogP contribution is -2.36. The van der Waals surface area contributed by atoms with Gasteiger partial charge < -0.3 is 20.7 Å². The molecule has 1 aromatic rings. The van der Waals surface area contributed by atoms with Crippen LogP contribution in [0.2, 0.25) is 0 Å². The third-order valence-corrected chi connectivity index (χ3v) is 7.15. The van der Waals surface area contributed by atoms with Gasteiger partial charge in [0.15, 0.2) is 5.13 Å². The zero-order valence-corrected chi connectivity index (χ0v) is 17.0. The number of hydrogen-bond acceptors (Lipinski definition) is 7. The minimum absolute atomic E-state index is 0.0735. The Morgan fingerprint density at radius 3 is 2.93 bits per heavy atom. The highest BCUT2D eigenvalue weighted by Crippen LogP contribution is 2.33. The number of carbonyl (C=O) groups is 3. The fourth-order valence-corrected chi connectivity index (χ4v) is 5.71. The van der Waals surface area contributed by atoms with Gasteiger partial charge in [-0.1, -0.05) is 17.8 Å². The fraction of sp³-hybridized carbons (Fsp3) is 0.647. The molecule has 0 spiro atoms. The number of aromatic nitrogens is 1. The van der Waals surface area contributed by atoms with Gasteiger partial charge in [0.05, 0.1) is 24.4 Å². The predicted octanol–water partition coefficient (Wildman–Crippen LogP) is 2.29. The molecule has 3 amide bonds. The van der Waals surface area contributed by atoms with Crippen molar-refractivity contribution in [2.45, 2.75) is 56.9 Å². The first-order valence-electron chi connectivity index (χ1n) is 9.11. The standard InChI is InChI=1S/C17H24N4O4S2/c1-3-25-15(23)14-9(2)18-17(27-14)20-12(22)7-5-4-6-11-13-10(8-26-11)19-16(24)21-13/h10-11,13H,3-8H2,1-2H3,(H,18,20,22)(H2,19,21,24)/t10-,11+,13+/m0/s1. The van der Waals surface area contributed by atoms with Crippen LogP contribution in [-0.4, -0.2) is 52.6 Å². The second kappa shape index (κ2) is 8.92. The number of anilines is 1. The van der Waals surface area contributed by atoms with Crippen molar-refractivity contribution in [1.82, 2.24) is 15.6 Å². The molecule has 0 aromatic carbocycles. The molecule has 0 bridgehead atoms. The number of nitrogens with one attached hydrogen (secondary N) is 3. The molecule has 3 heterocycles. The molecule has 0 aliphatic carbocycles. The van der Waals surface area contributed by atoms with Crippen molar-refractivity contribution in [2.75, 3.05) is 17.7 Å². The Kier molecular flexibility index (Phi) is 6.59. The summed E-state index contributed by atoms with van der Waals surface area (Å²) < 4.78 is 4.98. The van der Waals surface area contributed by atoms with Gasteiger partial charge in [-0.15, -0.1) is 0 Å². The smallest absolute Gasteiger partial charge is 0.350 e. The predicted molar refractivity (Wildman–Crippen MR) is 105 cm³/mol. The molecule has 2 aliphatic rings. The third-order valence-electron chi connectivity index (χ3n) is 4.58. The first kappa shape index (κ1) is 19.9. The maximum atomic E-state index is 12.1. The summed E-state index contributed by atoms with van der Waals surface area (Å²) in [5, 5.41) is 9.50. The third kappa shape index (κ3) is 4.92.